The van der Waals surface area contributed by atoms with E-state index in [-0.39, 0.29) is 35.3 Å². The van der Waals surface area contributed by atoms with E-state index in [0.29, 0.717) is 18.4 Å². The SMILES string of the molecule is C=C1C2CC3C4N5CC6(C)CC(OC(=O)c7ccccc7)C(O)C47C6C5CC3(C1O)C7(O)C2. The van der Waals surface area contributed by atoms with Gasteiger partial charge >= 0.3 is 5.97 Å². The van der Waals surface area contributed by atoms with Crippen LogP contribution in [0.15, 0.2) is 42.5 Å². The summed E-state index contributed by atoms with van der Waals surface area (Å²) in [6.07, 6.45) is 0.522. The highest BCUT2D eigenvalue weighted by molar-refractivity contribution is 5.89. The van der Waals surface area contributed by atoms with Crippen LogP contribution < -0.4 is 0 Å². The molecule has 9 bridgehead atoms. The molecule has 6 aliphatic carbocycles. The summed E-state index contributed by atoms with van der Waals surface area (Å²) < 4.78 is 6.03. The summed E-state index contributed by atoms with van der Waals surface area (Å²) in [6, 6.07) is 9.22. The first-order valence-corrected chi connectivity index (χ1v) is 12.5. The van der Waals surface area contributed by atoms with Crippen molar-refractivity contribution < 1.29 is 24.9 Å². The Kier molecular flexibility index (Phi) is 3.20. The molecule has 3 heterocycles. The molecule has 0 aromatic heterocycles. The predicted molar refractivity (Wildman–Crippen MR) is 118 cm³/mol. The third-order valence-corrected chi connectivity index (χ3v) is 11.8. The highest BCUT2D eigenvalue weighted by atomic mass is 16.6. The fourth-order valence-electron chi connectivity index (χ4n) is 11.3. The van der Waals surface area contributed by atoms with Crippen molar-refractivity contribution in [3.8, 4) is 0 Å². The Morgan fingerprint density at radius 3 is 2.70 bits per heavy atom. The zero-order valence-electron chi connectivity index (χ0n) is 18.9. The van der Waals surface area contributed by atoms with Crippen molar-refractivity contribution in [2.45, 2.75) is 68.6 Å². The van der Waals surface area contributed by atoms with Crippen LogP contribution in [-0.2, 0) is 4.74 Å². The Bertz CT molecular complexity index is 1120. The van der Waals surface area contributed by atoms with Gasteiger partial charge in [-0.15, -0.1) is 0 Å². The van der Waals surface area contributed by atoms with Crippen LogP contribution in [-0.4, -0.2) is 68.7 Å². The van der Waals surface area contributed by atoms with Gasteiger partial charge in [0, 0.05) is 24.0 Å². The van der Waals surface area contributed by atoms with E-state index in [1.54, 1.807) is 24.3 Å². The van der Waals surface area contributed by atoms with Gasteiger partial charge in [-0.2, -0.15) is 0 Å². The Labute approximate surface area is 193 Å². The summed E-state index contributed by atoms with van der Waals surface area (Å²) in [7, 11) is 0. The van der Waals surface area contributed by atoms with E-state index in [4.69, 9.17) is 4.74 Å². The molecule has 0 radical (unpaired) electrons. The molecule has 1 aromatic rings. The summed E-state index contributed by atoms with van der Waals surface area (Å²) in [5.74, 6) is -0.0439. The number of ether oxygens (including phenoxy) is 1. The molecular weight excluding hydrogens is 418 g/mol. The van der Waals surface area contributed by atoms with Crippen molar-refractivity contribution in [1.82, 2.24) is 4.90 Å². The first kappa shape index (κ1) is 19.6. The minimum absolute atomic E-state index is 0.0281. The molecular formula is C27H31NO5. The Morgan fingerprint density at radius 1 is 1.18 bits per heavy atom. The predicted octanol–water partition coefficient (Wildman–Crippen LogP) is 1.74. The zero-order chi connectivity index (χ0) is 22.7. The second kappa shape index (κ2) is 5.40. The molecule has 3 N–H and O–H groups in total. The lowest BCUT2D eigenvalue weighted by atomic mass is 9.37. The topological polar surface area (TPSA) is 90.2 Å². The number of carbonyl (C=O) groups is 1. The number of hydrogen-bond donors (Lipinski definition) is 3. The van der Waals surface area contributed by atoms with Crippen LogP contribution in [0.2, 0.25) is 0 Å². The summed E-state index contributed by atoms with van der Waals surface area (Å²) in [6.45, 7) is 7.40. The summed E-state index contributed by atoms with van der Waals surface area (Å²) in [5, 5.41) is 36.3. The molecule has 174 valence electrons. The lowest BCUT2D eigenvalue weighted by Gasteiger charge is -2.69. The van der Waals surface area contributed by atoms with Crippen LogP contribution in [0.4, 0.5) is 0 Å². The molecule has 2 spiro atoms. The van der Waals surface area contributed by atoms with Crippen molar-refractivity contribution in [2.75, 3.05) is 6.54 Å². The molecule has 6 nitrogen and oxygen atoms in total. The number of hydrogen-bond acceptors (Lipinski definition) is 6. The van der Waals surface area contributed by atoms with Gasteiger partial charge in [0.25, 0.3) is 0 Å². The first-order chi connectivity index (χ1) is 15.7. The van der Waals surface area contributed by atoms with Crippen molar-refractivity contribution >= 4 is 5.97 Å². The molecule has 9 fully saturated rings. The van der Waals surface area contributed by atoms with Gasteiger partial charge in [0.2, 0.25) is 0 Å². The summed E-state index contributed by atoms with van der Waals surface area (Å²) >= 11 is 0. The van der Waals surface area contributed by atoms with Crippen molar-refractivity contribution in [3.05, 3.63) is 48.0 Å². The highest BCUT2D eigenvalue weighted by Crippen LogP contribution is 2.88. The van der Waals surface area contributed by atoms with Gasteiger partial charge in [0.05, 0.1) is 22.7 Å². The van der Waals surface area contributed by atoms with Gasteiger partial charge in [0.15, 0.2) is 0 Å². The molecule has 13 atom stereocenters. The maximum Gasteiger partial charge on any atom is 0.338 e. The van der Waals surface area contributed by atoms with Gasteiger partial charge in [0.1, 0.15) is 12.2 Å². The number of rotatable bonds is 2. The molecule has 3 aliphatic heterocycles. The van der Waals surface area contributed by atoms with Gasteiger partial charge in [-0.05, 0) is 66.6 Å². The number of benzene rings is 1. The minimum Gasteiger partial charge on any atom is -0.456 e. The second-order valence-electron chi connectivity index (χ2n) is 12.5. The molecule has 13 unspecified atom stereocenters. The van der Waals surface area contributed by atoms with Crippen molar-refractivity contribution in [1.29, 1.82) is 0 Å². The highest BCUT2D eigenvalue weighted by Gasteiger charge is 2.95. The number of carbonyl (C=O) groups excluding carboxylic acids is 1. The summed E-state index contributed by atoms with van der Waals surface area (Å²) in [4.78, 5) is 15.6. The fraction of sp³-hybridized carbons (Fsp3) is 0.667. The number of aliphatic hydroxyl groups is 3. The maximum atomic E-state index is 13.0. The van der Waals surface area contributed by atoms with Crippen LogP contribution >= 0.6 is 0 Å². The van der Waals surface area contributed by atoms with E-state index in [1.165, 1.54) is 0 Å². The smallest absolute Gasteiger partial charge is 0.338 e. The Balaban J connectivity index is 1.28. The largest absolute Gasteiger partial charge is 0.456 e. The van der Waals surface area contributed by atoms with Gasteiger partial charge < -0.3 is 20.1 Å². The van der Waals surface area contributed by atoms with Crippen LogP contribution in [0.3, 0.4) is 0 Å². The molecule has 33 heavy (non-hydrogen) atoms. The number of fused-ring (bicyclic) bond motifs is 1. The van der Waals surface area contributed by atoms with Crippen molar-refractivity contribution in [3.63, 3.8) is 0 Å². The quantitative estimate of drug-likeness (QED) is 0.471. The molecule has 10 rings (SSSR count). The van der Waals surface area contributed by atoms with Crippen LogP contribution in [0.5, 0.6) is 0 Å². The molecule has 3 saturated heterocycles. The standard InChI is InChI=1S/C27H31NO5/c1-13-15-8-16-20-27-19-17(10-25(16,21(13)29)26(27,32)9-15)28(20)12-24(19,2)11-18(22(27)30)33-23(31)14-6-4-3-5-7-14/h3-7,15-22,29-30,32H,1,8-12H2,2H3. The average Bonchev–Trinajstić information content (AvgIpc) is 3.20. The van der Waals surface area contributed by atoms with Crippen LogP contribution in [0.25, 0.3) is 0 Å². The van der Waals surface area contributed by atoms with E-state index in [1.807, 2.05) is 6.07 Å². The molecule has 9 aliphatic rings. The lowest BCUT2D eigenvalue weighted by Crippen LogP contribution is -2.77. The number of esters is 1. The Hall–Kier alpha value is -1.73. The first-order valence-electron chi connectivity index (χ1n) is 12.5. The van der Waals surface area contributed by atoms with E-state index >= 15 is 0 Å². The van der Waals surface area contributed by atoms with Crippen LogP contribution in [0.1, 0.15) is 43.0 Å². The molecule has 6 heteroatoms. The zero-order valence-corrected chi connectivity index (χ0v) is 18.9. The van der Waals surface area contributed by atoms with Crippen LogP contribution in [0, 0.1) is 34.0 Å². The third-order valence-electron chi connectivity index (χ3n) is 11.8. The van der Waals surface area contributed by atoms with E-state index in [2.05, 4.69) is 18.4 Å². The minimum atomic E-state index is -1.17. The number of piperidine rings is 2. The number of aliphatic hydroxyl groups excluding tert-OH is 2. The monoisotopic (exact) mass is 449 g/mol. The van der Waals surface area contributed by atoms with Crippen molar-refractivity contribution in [2.24, 2.45) is 34.0 Å². The van der Waals surface area contributed by atoms with Gasteiger partial charge in [-0.3, -0.25) is 4.90 Å². The normalized spacial score (nSPS) is 60.5. The lowest BCUT2D eigenvalue weighted by molar-refractivity contribution is -0.303. The fourth-order valence-corrected chi connectivity index (χ4v) is 11.3. The van der Waals surface area contributed by atoms with E-state index < -0.39 is 40.7 Å². The van der Waals surface area contributed by atoms with Gasteiger partial charge in [-0.1, -0.05) is 31.7 Å². The molecule has 6 saturated carbocycles. The number of nitrogens with zero attached hydrogens (tertiary/aromatic N) is 1. The maximum absolute atomic E-state index is 13.0. The third kappa shape index (κ3) is 1.67. The Morgan fingerprint density at radius 2 is 1.94 bits per heavy atom. The average molecular weight is 450 g/mol. The summed E-state index contributed by atoms with van der Waals surface area (Å²) in [5.41, 5.74) is -1.38. The molecule has 0 amide bonds. The van der Waals surface area contributed by atoms with E-state index in [9.17, 15) is 20.1 Å². The van der Waals surface area contributed by atoms with Gasteiger partial charge in [-0.25, -0.2) is 4.79 Å². The second-order valence-corrected chi connectivity index (χ2v) is 12.5. The molecule has 1 aromatic carbocycles. The van der Waals surface area contributed by atoms with E-state index in [0.717, 1.165) is 25.0 Å².